The molecule has 1 amide bonds. The first-order chi connectivity index (χ1) is 11.7. The molecule has 3 nitrogen and oxygen atoms in total. The minimum absolute atomic E-state index is 0.199. The monoisotopic (exact) mass is 365 g/mol. The minimum atomic E-state index is 0.199. The molecule has 0 saturated carbocycles. The summed E-state index contributed by atoms with van der Waals surface area (Å²) in [7, 11) is 0. The second-order valence-electron chi connectivity index (χ2n) is 6.37. The standard InChI is InChI=1S/C19H24ClNO2S/c1-2-3-4-5-8-11-21-14(12-17(21)22)13-23-19-18(20)15-9-6-7-10-16(15)24-19/h6-7,9-10,14H,2-5,8,11-13H2,1H3/t14-/m1/s1. The molecule has 1 aliphatic heterocycles. The first-order valence-electron chi connectivity index (χ1n) is 8.80. The van der Waals surface area contributed by atoms with Crippen molar-refractivity contribution >= 4 is 38.9 Å². The summed E-state index contributed by atoms with van der Waals surface area (Å²) < 4.78 is 7.08. The molecule has 1 aromatic carbocycles. The van der Waals surface area contributed by atoms with Crippen LogP contribution < -0.4 is 4.74 Å². The maximum absolute atomic E-state index is 11.8. The second kappa shape index (κ2) is 8.21. The molecule has 5 heteroatoms. The maximum Gasteiger partial charge on any atom is 0.225 e. The van der Waals surface area contributed by atoms with Crippen LogP contribution in [0.4, 0.5) is 0 Å². The smallest absolute Gasteiger partial charge is 0.225 e. The molecule has 1 aliphatic rings. The molecule has 130 valence electrons. The van der Waals surface area contributed by atoms with Crippen molar-refractivity contribution in [1.82, 2.24) is 4.90 Å². The van der Waals surface area contributed by atoms with Gasteiger partial charge in [-0.25, -0.2) is 0 Å². The van der Waals surface area contributed by atoms with E-state index in [1.165, 1.54) is 25.7 Å². The first-order valence-corrected chi connectivity index (χ1v) is 9.99. The number of unbranched alkanes of at least 4 members (excludes halogenated alkanes) is 4. The Morgan fingerprint density at radius 1 is 1.25 bits per heavy atom. The molecule has 0 spiro atoms. The van der Waals surface area contributed by atoms with Crippen LogP contribution in [0.2, 0.25) is 5.02 Å². The van der Waals surface area contributed by atoms with Crippen molar-refractivity contribution < 1.29 is 9.53 Å². The maximum atomic E-state index is 11.8. The highest BCUT2D eigenvalue weighted by Crippen LogP contribution is 2.41. The van der Waals surface area contributed by atoms with Crippen molar-refractivity contribution in [3.8, 4) is 5.06 Å². The molecule has 0 aliphatic carbocycles. The molecule has 0 radical (unpaired) electrons. The fourth-order valence-electron chi connectivity index (χ4n) is 3.12. The number of rotatable bonds is 9. The lowest BCUT2D eigenvalue weighted by atomic mass is 10.0. The highest BCUT2D eigenvalue weighted by Gasteiger charge is 2.36. The number of hydrogen-bond donors (Lipinski definition) is 0. The van der Waals surface area contributed by atoms with Gasteiger partial charge in [0.1, 0.15) is 11.6 Å². The zero-order chi connectivity index (χ0) is 16.9. The Labute approximate surface area is 152 Å². The predicted octanol–water partition coefficient (Wildman–Crippen LogP) is 5.50. The number of fused-ring (bicyclic) bond motifs is 1. The molecule has 1 saturated heterocycles. The molecule has 0 unspecified atom stereocenters. The van der Waals surface area contributed by atoms with Gasteiger partial charge in [-0.15, -0.1) is 0 Å². The van der Waals surface area contributed by atoms with Crippen molar-refractivity contribution in [2.45, 2.75) is 51.5 Å². The van der Waals surface area contributed by atoms with E-state index in [0.717, 1.165) is 28.1 Å². The number of halogens is 1. The fraction of sp³-hybridized carbons (Fsp3) is 0.526. The number of amides is 1. The predicted molar refractivity (Wildman–Crippen MR) is 101 cm³/mol. The minimum Gasteiger partial charge on any atom is -0.481 e. The summed E-state index contributed by atoms with van der Waals surface area (Å²) in [6.45, 7) is 3.61. The summed E-state index contributed by atoms with van der Waals surface area (Å²) in [6.07, 6.45) is 6.67. The third-order valence-electron chi connectivity index (χ3n) is 4.59. The van der Waals surface area contributed by atoms with Gasteiger partial charge in [-0.3, -0.25) is 4.79 Å². The number of ether oxygens (including phenoxy) is 1. The lowest BCUT2D eigenvalue weighted by Gasteiger charge is -2.40. The highest BCUT2D eigenvalue weighted by atomic mass is 35.5. The van der Waals surface area contributed by atoms with Crippen LogP contribution in [-0.2, 0) is 4.79 Å². The molecule has 3 rings (SSSR count). The molecule has 2 aromatic rings. The zero-order valence-corrected chi connectivity index (χ0v) is 15.7. The Morgan fingerprint density at radius 2 is 2.04 bits per heavy atom. The van der Waals surface area contributed by atoms with Gasteiger partial charge >= 0.3 is 0 Å². The van der Waals surface area contributed by atoms with E-state index >= 15 is 0 Å². The van der Waals surface area contributed by atoms with Crippen LogP contribution in [0.1, 0.15) is 45.4 Å². The normalized spacial score (nSPS) is 17.3. The van der Waals surface area contributed by atoms with E-state index in [1.54, 1.807) is 11.3 Å². The Morgan fingerprint density at radius 3 is 2.79 bits per heavy atom. The van der Waals surface area contributed by atoms with Crippen LogP contribution in [0.15, 0.2) is 24.3 Å². The Balaban J connectivity index is 1.50. The van der Waals surface area contributed by atoms with E-state index in [0.29, 0.717) is 18.1 Å². The quantitative estimate of drug-likeness (QED) is 0.433. The van der Waals surface area contributed by atoms with Gasteiger partial charge in [-0.1, -0.05) is 73.7 Å². The largest absolute Gasteiger partial charge is 0.481 e. The molecule has 1 aromatic heterocycles. The molecule has 1 fully saturated rings. The van der Waals surface area contributed by atoms with Crippen LogP contribution in [0, 0.1) is 0 Å². The van der Waals surface area contributed by atoms with Crippen LogP contribution in [0.25, 0.3) is 10.1 Å². The summed E-state index contributed by atoms with van der Waals surface area (Å²) in [4.78, 5) is 13.8. The Hall–Kier alpha value is -1.26. The average molecular weight is 366 g/mol. The number of β-lactam (4-membered cyclic amide) rings is 1. The van der Waals surface area contributed by atoms with Crippen molar-refractivity contribution in [2.24, 2.45) is 0 Å². The van der Waals surface area contributed by atoms with E-state index in [9.17, 15) is 4.79 Å². The van der Waals surface area contributed by atoms with E-state index in [1.807, 2.05) is 29.2 Å². The van der Waals surface area contributed by atoms with Gasteiger partial charge in [-0.05, 0) is 12.5 Å². The molecule has 1 atom stereocenters. The average Bonchev–Trinajstić information content (AvgIpc) is 2.91. The van der Waals surface area contributed by atoms with Crippen LogP contribution in [0.3, 0.4) is 0 Å². The van der Waals surface area contributed by atoms with Gasteiger partial charge in [0.2, 0.25) is 5.91 Å². The molecular weight excluding hydrogens is 342 g/mol. The lowest BCUT2D eigenvalue weighted by Crippen LogP contribution is -2.55. The van der Waals surface area contributed by atoms with Crippen LogP contribution in [0.5, 0.6) is 5.06 Å². The van der Waals surface area contributed by atoms with E-state index in [-0.39, 0.29) is 11.9 Å². The number of carbonyl (C=O) groups excluding carboxylic acids is 1. The number of benzene rings is 1. The number of thiophene rings is 1. The van der Waals surface area contributed by atoms with Gasteiger partial charge in [0.05, 0.1) is 12.5 Å². The molecule has 2 heterocycles. The zero-order valence-electron chi connectivity index (χ0n) is 14.1. The number of likely N-dealkylation sites (tertiary alicyclic amines) is 1. The van der Waals surface area contributed by atoms with Gasteiger partial charge in [0.25, 0.3) is 0 Å². The van der Waals surface area contributed by atoms with Gasteiger partial charge in [-0.2, -0.15) is 0 Å². The number of hydrogen-bond acceptors (Lipinski definition) is 3. The molecule has 0 bridgehead atoms. The van der Waals surface area contributed by atoms with Crippen LogP contribution in [-0.4, -0.2) is 30.0 Å². The summed E-state index contributed by atoms with van der Waals surface area (Å²) in [6, 6.07) is 8.24. The third kappa shape index (κ3) is 3.86. The van der Waals surface area contributed by atoms with Gasteiger partial charge < -0.3 is 9.64 Å². The van der Waals surface area contributed by atoms with Crippen molar-refractivity contribution in [2.75, 3.05) is 13.2 Å². The van der Waals surface area contributed by atoms with E-state index in [4.69, 9.17) is 16.3 Å². The lowest BCUT2D eigenvalue weighted by molar-refractivity contribution is -0.147. The second-order valence-corrected chi connectivity index (χ2v) is 7.76. The van der Waals surface area contributed by atoms with E-state index < -0.39 is 0 Å². The molecular formula is C19H24ClNO2S. The van der Waals surface area contributed by atoms with Gasteiger partial charge in [0.15, 0.2) is 5.06 Å². The summed E-state index contributed by atoms with van der Waals surface area (Å²) in [5, 5.41) is 2.49. The molecule has 24 heavy (non-hydrogen) atoms. The highest BCUT2D eigenvalue weighted by molar-refractivity contribution is 7.21. The van der Waals surface area contributed by atoms with E-state index in [2.05, 4.69) is 6.92 Å². The number of carbonyl (C=O) groups is 1. The van der Waals surface area contributed by atoms with Crippen LogP contribution >= 0.6 is 22.9 Å². The molecule has 0 N–H and O–H groups in total. The summed E-state index contributed by atoms with van der Waals surface area (Å²) >= 11 is 7.98. The number of nitrogens with zero attached hydrogens (tertiary/aromatic N) is 1. The Bertz CT molecular complexity index is 700. The van der Waals surface area contributed by atoms with Crippen molar-refractivity contribution in [1.29, 1.82) is 0 Å². The third-order valence-corrected chi connectivity index (χ3v) is 6.16. The van der Waals surface area contributed by atoms with Gasteiger partial charge in [0, 0.05) is 16.6 Å². The SMILES string of the molecule is CCCCCCCN1C(=O)C[C@@H]1COc1sc2ccccc2c1Cl. The summed E-state index contributed by atoms with van der Waals surface area (Å²) in [5.74, 6) is 0.251. The Kier molecular flexibility index (Phi) is 6.01. The summed E-state index contributed by atoms with van der Waals surface area (Å²) in [5.41, 5.74) is 0. The first kappa shape index (κ1) is 17.6. The fourth-order valence-corrected chi connectivity index (χ4v) is 4.46. The van der Waals surface area contributed by atoms with Crippen molar-refractivity contribution in [3.05, 3.63) is 29.3 Å². The van der Waals surface area contributed by atoms with Crippen molar-refractivity contribution in [3.63, 3.8) is 0 Å². The topological polar surface area (TPSA) is 29.5 Å².